The molecule has 1 saturated heterocycles. The van der Waals surface area contributed by atoms with E-state index in [1.54, 1.807) is 22.5 Å². The van der Waals surface area contributed by atoms with Gasteiger partial charge in [0.1, 0.15) is 0 Å². The standard InChI is InChI=1S/C13H17Cl2NO2S/c14-12-6-5-11(9-13(12)15)10-19(17,18)16-7-3-1-2-4-8-16/h5-6,9H,1-4,7-8,10H2. The summed E-state index contributed by atoms with van der Waals surface area (Å²) in [6.07, 6.45) is 4.11. The zero-order valence-electron chi connectivity index (χ0n) is 10.6. The molecular formula is C13H17Cl2NO2S. The molecule has 1 aliphatic rings. The number of rotatable bonds is 3. The first-order valence-electron chi connectivity index (χ1n) is 6.41. The third kappa shape index (κ3) is 4.09. The Morgan fingerprint density at radius 1 is 1.00 bits per heavy atom. The second-order valence-corrected chi connectivity index (χ2v) is 7.60. The smallest absolute Gasteiger partial charge is 0.212 e. The van der Waals surface area contributed by atoms with Crippen molar-refractivity contribution in [3.63, 3.8) is 0 Å². The molecule has 1 heterocycles. The molecule has 1 aliphatic heterocycles. The molecule has 0 saturated carbocycles. The van der Waals surface area contributed by atoms with E-state index in [2.05, 4.69) is 0 Å². The summed E-state index contributed by atoms with van der Waals surface area (Å²) in [7, 11) is -3.26. The van der Waals surface area contributed by atoms with Crippen LogP contribution >= 0.6 is 23.2 Å². The molecule has 0 aliphatic carbocycles. The summed E-state index contributed by atoms with van der Waals surface area (Å²) in [5.74, 6) is -0.0100. The number of hydrogen-bond acceptors (Lipinski definition) is 2. The van der Waals surface area contributed by atoms with Crippen molar-refractivity contribution in [3.8, 4) is 0 Å². The maximum atomic E-state index is 12.4. The second-order valence-electron chi connectivity index (χ2n) is 4.82. The molecular weight excluding hydrogens is 305 g/mol. The molecule has 0 unspecified atom stereocenters. The van der Waals surface area contributed by atoms with Gasteiger partial charge in [0.25, 0.3) is 0 Å². The highest BCUT2D eigenvalue weighted by molar-refractivity contribution is 7.88. The normalized spacial score (nSPS) is 18.2. The molecule has 1 aromatic carbocycles. The van der Waals surface area contributed by atoms with Crippen molar-refractivity contribution in [2.45, 2.75) is 31.4 Å². The van der Waals surface area contributed by atoms with Crippen molar-refractivity contribution in [3.05, 3.63) is 33.8 Å². The average molecular weight is 322 g/mol. The second kappa shape index (κ2) is 6.44. The van der Waals surface area contributed by atoms with E-state index in [1.165, 1.54) is 0 Å². The molecule has 0 radical (unpaired) electrons. The molecule has 3 nitrogen and oxygen atoms in total. The molecule has 0 spiro atoms. The Morgan fingerprint density at radius 2 is 1.63 bits per heavy atom. The number of benzene rings is 1. The minimum atomic E-state index is -3.26. The number of nitrogens with zero attached hydrogens (tertiary/aromatic N) is 1. The van der Waals surface area contributed by atoms with E-state index in [0.29, 0.717) is 28.7 Å². The lowest BCUT2D eigenvalue weighted by atomic mass is 10.2. The number of sulfonamides is 1. The summed E-state index contributed by atoms with van der Waals surface area (Å²) in [6.45, 7) is 1.26. The van der Waals surface area contributed by atoms with Crippen molar-refractivity contribution >= 4 is 33.2 Å². The lowest BCUT2D eigenvalue weighted by Gasteiger charge is -2.20. The van der Waals surface area contributed by atoms with E-state index in [0.717, 1.165) is 25.7 Å². The van der Waals surface area contributed by atoms with Gasteiger partial charge in [-0.2, -0.15) is 0 Å². The van der Waals surface area contributed by atoms with E-state index in [-0.39, 0.29) is 5.75 Å². The van der Waals surface area contributed by atoms with E-state index in [4.69, 9.17) is 23.2 Å². The largest absolute Gasteiger partial charge is 0.218 e. The zero-order valence-corrected chi connectivity index (χ0v) is 12.9. The summed E-state index contributed by atoms with van der Waals surface area (Å²) in [5.41, 5.74) is 0.679. The summed E-state index contributed by atoms with van der Waals surface area (Å²) >= 11 is 11.7. The lowest BCUT2D eigenvalue weighted by Crippen LogP contribution is -2.32. The van der Waals surface area contributed by atoms with E-state index >= 15 is 0 Å². The van der Waals surface area contributed by atoms with Gasteiger partial charge in [-0.15, -0.1) is 0 Å². The van der Waals surface area contributed by atoms with Gasteiger partial charge in [0.05, 0.1) is 15.8 Å². The van der Waals surface area contributed by atoms with Crippen LogP contribution in [-0.2, 0) is 15.8 Å². The number of halogens is 2. The lowest BCUT2D eigenvalue weighted by molar-refractivity contribution is 0.423. The van der Waals surface area contributed by atoms with Crippen LogP contribution in [0.4, 0.5) is 0 Å². The van der Waals surface area contributed by atoms with Crippen LogP contribution in [0.15, 0.2) is 18.2 Å². The van der Waals surface area contributed by atoms with Gasteiger partial charge < -0.3 is 0 Å². The first-order valence-corrected chi connectivity index (χ1v) is 8.77. The molecule has 6 heteroatoms. The van der Waals surface area contributed by atoms with Crippen LogP contribution in [-0.4, -0.2) is 25.8 Å². The summed E-state index contributed by atoms with van der Waals surface area (Å²) in [6, 6.07) is 4.97. The third-order valence-electron chi connectivity index (χ3n) is 3.29. The van der Waals surface area contributed by atoms with Crippen molar-refractivity contribution in [2.75, 3.05) is 13.1 Å². The third-order valence-corrected chi connectivity index (χ3v) is 5.88. The van der Waals surface area contributed by atoms with Crippen LogP contribution in [0.5, 0.6) is 0 Å². The van der Waals surface area contributed by atoms with Crippen molar-refractivity contribution in [1.29, 1.82) is 0 Å². The van der Waals surface area contributed by atoms with Crippen LogP contribution in [0.3, 0.4) is 0 Å². The molecule has 0 atom stereocenters. The van der Waals surface area contributed by atoms with Crippen LogP contribution in [0.2, 0.25) is 10.0 Å². The first-order chi connectivity index (χ1) is 8.99. The van der Waals surface area contributed by atoms with Gasteiger partial charge in [0, 0.05) is 13.1 Å². The van der Waals surface area contributed by atoms with Crippen molar-refractivity contribution in [2.24, 2.45) is 0 Å². The Labute approximate surface area is 124 Å². The Bertz CT molecular complexity index is 538. The molecule has 1 fully saturated rings. The minimum Gasteiger partial charge on any atom is -0.212 e. The van der Waals surface area contributed by atoms with Gasteiger partial charge in [-0.1, -0.05) is 42.1 Å². The fourth-order valence-corrected chi connectivity index (χ4v) is 4.17. The van der Waals surface area contributed by atoms with E-state index in [9.17, 15) is 8.42 Å². The van der Waals surface area contributed by atoms with Gasteiger partial charge in [0.15, 0.2) is 0 Å². The summed E-state index contributed by atoms with van der Waals surface area (Å²) in [4.78, 5) is 0. The Balaban J connectivity index is 2.13. The van der Waals surface area contributed by atoms with Crippen LogP contribution < -0.4 is 0 Å². The molecule has 0 amide bonds. The average Bonchev–Trinajstić information content (AvgIpc) is 2.63. The maximum Gasteiger partial charge on any atom is 0.218 e. The summed E-state index contributed by atoms with van der Waals surface area (Å²) in [5, 5.41) is 0.836. The van der Waals surface area contributed by atoms with Crippen LogP contribution in [0.1, 0.15) is 31.2 Å². The van der Waals surface area contributed by atoms with E-state index in [1.807, 2.05) is 0 Å². The van der Waals surface area contributed by atoms with Crippen LogP contribution in [0, 0.1) is 0 Å². The van der Waals surface area contributed by atoms with Gasteiger partial charge in [-0.3, -0.25) is 0 Å². The first kappa shape index (κ1) is 15.1. The predicted molar refractivity (Wildman–Crippen MR) is 79.1 cm³/mol. The summed E-state index contributed by atoms with van der Waals surface area (Å²) < 4.78 is 26.3. The SMILES string of the molecule is O=S(=O)(Cc1ccc(Cl)c(Cl)c1)N1CCCCCC1. The van der Waals surface area contributed by atoms with Crippen molar-refractivity contribution < 1.29 is 8.42 Å². The van der Waals surface area contributed by atoms with Gasteiger partial charge in [-0.05, 0) is 30.5 Å². The maximum absolute atomic E-state index is 12.4. The highest BCUT2D eigenvalue weighted by Gasteiger charge is 2.23. The quantitative estimate of drug-likeness (QED) is 0.851. The molecule has 19 heavy (non-hydrogen) atoms. The highest BCUT2D eigenvalue weighted by Crippen LogP contribution is 2.24. The Morgan fingerprint density at radius 3 is 2.21 bits per heavy atom. The molecule has 0 N–H and O–H groups in total. The van der Waals surface area contributed by atoms with Crippen LogP contribution in [0.25, 0.3) is 0 Å². The molecule has 106 valence electrons. The monoisotopic (exact) mass is 321 g/mol. The molecule has 0 aromatic heterocycles. The predicted octanol–water partition coefficient (Wildman–Crippen LogP) is 3.70. The van der Waals surface area contributed by atoms with Gasteiger partial charge >= 0.3 is 0 Å². The molecule has 1 aromatic rings. The van der Waals surface area contributed by atoms with E-state index < -0.39 is 10.0 Å². The van der Waals surface area contributed by atoms with Gasteiger partial charge in [0.2, 0.25) is 10.0 Å². The fourth-order valence-electron chi connectivity index (χ4n) is 2.25. The topological polar surface area (TPSA) is 37.4 Å². The molecule has 2 rings (SSSR count). The van der Waals surface area contributed by atoms with Crippen molar-refractivity contribution in [1.82, 2.24) is 4.31 Å². The highest BCUT2D eigenvalue weighted by atomic mass is 35.5. The molecule has 0 bridgehead atoms. The zero-order chi connectivity index (χ0) is 13.9. The minimum absolute atomic E-state index is 0.0100. The fraction of sp³-hybridized carbons (Fsp3) is 0.538. The Kier molecular flexibility index (Phi) is 5.12. The Hall–Kier alpha value is -0.290. The van der Waals surface area contributed by atoms with Gasteiger partial charge in [-0.25, -0.2) is 12.7 Å². The number of hydrogen-bond donors (Lipinski definition) is 0.